The number of carbonyl (C=O) groups is 2. The molecule has 23 heavy (non-hydrogen) atoms. The van der Waals surface area contributed by atoms with Crippen LogP contribution in [0.3, 0.4) is 0 Å². The van der Waals surface area contributed by atoms with Crippen molar-refractivity contribution in [3.8, 4) is 0 Å². The van der Waals surface area contributed by atoms with Crippen LogP contribution in [0.5, 0.6) is 0 Å². The van der Waals surface area contributed by atoms with Gasteiger partial charge in [0.25, 0.3) is 0 Å². The second kappa shape index (κ2) is 7.77. The lowest BCUT2D eigenvalue weighted by molar-refractivity contribution is -0.116. The minimum absolute atomic E-state index is 0.0443. The van der Waals surface area contributed by atoms with Crippen LogP contribution in [0.2, 0.25) is 0 Å². The van der Waals surface area contributed by atoms with Crippen LogP contribution in [0.1, 0.15) is 30.6 Å². The molecule has 1 aromatic carbocycles. The minimum Gasteiger partial charge on any atom is -0.326 e. The van der Waals surface area contributed by atoms with E-state index in [9.17, 15) is 14.4 Å². The van der Waals surface area contributed by atoms with Gasteiger partial charge in [0.15, 0.2) is 10.9 Å². The maximum atomic E-state index is 12.1. The zero-order valence-corrected chi connectivity index (χ0v) is 13.7. The van der Waals surface area contributed by atoms with E-state index in [4.69, 9.17) is 0 Å². The summed E-state index contributed by atoms with van der Waals surface area (Å²) in [6.07, 6.45) is 0.458. The van der Waals surface area contributed by atoms with Crippen molar-refractivity contribution in [2.24, 2.45) is 5.92 Å². The zero-order valence-electron chi connectivity index (χ0n) is 12.9. The number of aromatic nitrogens is 3. The van der Waals surface area contributed by atoms with Gasteiger partial charge in [-0.15, -0.1) is 5.10 Å². The Kier molecular flexibility index (Phi) is 5.75. The number of hydrogen-bond donors (Lipinski definition) is 3. The molecule has 2 aromatic rings. The molecule has 122 valence electrons. The molecule has 0 aliphatic heterocycles. The predicted octanol–water partition coefficient (Wildman–Crippen LogP) is 2.06. The molecule has 2 rings (SSSR count). The number of thioether (sulfide) groups is 1. The molecule has 3 N–H and O–H groups in total. The third kappa shape index (κ3) is 5.41. The highest BCUT2D eigenvalue weighted by Gasteiger charge is 2.10. The molecule has 0 bridgehead atoms. The van der Waals surface area contributed by atoms with Gasteiger partial charge in [-0.3, -0.25) is 14.6 Å². The molecular formula is C15H18N4O3S. The Morgan fingerprint density at radius 2 is 1.96 bits per heavy atom. The van der Waals surface area contributed by atoms with Crippen LogP contribution in [0.25, 0.3) is 0 Å². The second-order valence-corrected chi connectivity index (χ2v) is 6.38. The van der Waals surface area contributed by atoms with Gasteiger partial charge in [-0.2, -0.15) is 0 Å². The highest BCUT2D eigenvalue weighted by molar-refractivity contribution is 7.99. The molecular weight excluding hydrogens is 316 g/mol. The van der Waals surface area contributed by atoms with Gasteiger partial charge in [-0.1, -0.05) is 25.6 Å². The van der Waals surface area contributed by atoms with Crippen molar-refractivity contribution in [2.45, 2.75) is 25.4 Å². The van der Waals surface area contributed by atoms with Gasteiger partial charge >= 0.3 is 5.69 Å². The SMILES string of the molecule is CC(C)CC(=O)Nc1ccc(C(=O)CSc2n[nH]c(=O)[nH]2)cc1. The highest BCUT2D eigenvalue weighted by Crippen LogP contribution is 2.15. The lowest BCUT2D eigenvalue weighted by atomic mass is 10.1. The number of amides is 1. The third-order valence-electron chi connectivity index (χ3n) is 2.90. The Balaban J connectivity index is 1.89. The van der Waals surface area contributed by atoms with Crippen LogP contribution in [0.4, 0.5) is 5.69 Å². The number of hydrogen-bond acceptors (Lipinski definition) is 5. The van der Waals surface area contributed by atoms with Crippen molar-refractivity contribution < 1.29 is 9.59 Å². The standard InChI is InChI=1S/C15H18N4O3S/c1-9(2)7-13(21)16-11-5-3-10(4-6-11)12(20)8-23-15-17-14(22)18-19-15/h3-6,9H,7-8H2,1-2H3,(H,16,21)(H2,17,18,19,22). The number of rotatable bonds is 7. The fourth-order valence-electron chi connectivity index (χ4n) is 1.86. The van der Waals surface area contributed by atoms with Gasteiger partial charge in [-0.05, 0) is 30.2 Å². The van der Waals surface area contributed by atoms with E-state index in [-0.39, 0.29) is 17.4 Å². The lowest BCUT2D eigenvalue weighted by Gasteiger charge is -2.07. The van der Waals surface area contributed by atoms with Crippen LogP contribution >= 0.6 is 11.8 Å². The molecule has 1 aromatic heterocycles. The molecule has 8 heteroatoms. The van der Waals surface area contributed by atoms with Crippen LogP contribution in [-0.4, -0.2) is 32.6 Å². The Morgan fingerprint density at radius 3 is 2.52 bits per heavy atom. The van der Waals surface area contributed by atoms with Gasteiger partial charge < -0.3 is 5.32 Å². The maximum absolute atomic E-state index is 12.1. The molecule has 0 aliphatic carbocycles. The Morgan fingerprint density at radius 1 is 1.26 bits per heavy atom. The van der Waals surface area contributed by atoms with E-state index in [1.807, 2.05) is 13.8 Å². The van der Waals surface area contributed by atoms with E-state index in [0.29, 0.717) is 28.7 Å². The summed E-state index contributed by atoms with van der Waals surface area (Å²) in [7, 11) is 0. The number of benzene rings is 1. The van der Waals surface area contributed by atoms with Crippen LogP contribution < -0.4 is 11.0 Å². The quantitative estimate of drug-likeness (QED) is 0.530. The number of nitrogens with zero attached hydrogens (tertiary/aromatic N) is 1. The van der Waals surface area contributed by atoms with Crippen LogP contribution in [-0.2, 0) is 4.79 Å². The number of Topliss-reactive ketones (excluding diaryl/α,β-unsaturated/α-hetero) is 1. The van der Waals surface area contributed by atoms with Crippen molar-refractivity contribution in [3.05, 3.63) is 40.3 Å². The first-order valence-electron chi connectivity index (χ1n) is 7.14. The van der Waals surface area contributed by atoms with Crippen molar-refractivity contribution >= 4 is 29.1 Å². The fourth-order valence-corrected chi connectivity index (χ4v) is 2.57. The summed E-state index contributed by atoms with van der Waals surface area (Å²) in [5.41, 5.74) is 0.801. The maximum Gasteiger partial charge on any atom is 0.341 e. The van der Waals surface area contributed by atoms with Crippen LogP contribution in [0, 0.1) is 5.92 Å². The molecule has 0 saturated carbocycles. The average Bonchev–Trinajstić information content (AvgIpc) is 2.90. The first-order valence-corrected chi connectivity index (χ1v) is 8.13. The fraction of sp³-hybridized carbons (Fsp3) is 0.333. The molecule has 0 radical (unpaired) electrons. The van der Waals surface area contributed by atoms with Gasteiger partial charge in [0.1, 0.15) is 0 Å². The normalized spacial score (nSPS) is 10.7. The van der Waals surface area contributed by atoms with E-state index in [1.165, 1.54) is 0 Å². The summed E-state index contributed by atoms with van der Waals surface area (Å²) in [4.78, 5) is 37.1. The Bertz CT molecular complexity index is 734. The number of carbonyl (C=O) groups excluding carboxylic acids is 2. The van der Waals surface area contributed by atoms with Crippen molar-refractivity contribution in [1.82, 2.24) is 15.2 Å². The van der Waals surface area contributed by atoms with Gasteiger partial charge in [-0.25, -0.2) is 9.89 Å². The number of nitrogens with one attached hydrogen (secondary N) is 3. The molecule has 0 fully saturated rings. The van der Waals surface area contributed by atoms with Crippen LogP contribution in [0.15, 0.2) is 34.2 Å². The monoisotopic (exact) mass is 334 g/mol. The smallest absolute Gasteiger partial charge is 0.326 e. The first-order chi connectivity index (χ1) is 10.9. The molecule has 7 nitrogen and oxygen atoms in total. The second-order valence-electron chi connectivity index (χ2n) is 5.42. The van der Waals surface area contributed by atoms with E-state index in [1.54, 1.807) is 24.3 Å². The van der Waals surface area contributed by atoms with E-state index >= 15 is 0 Å². The van der Waals surface area contributed by atoms with Crippen molar-refractivity contribution in [3.63, 3.8) is 0 Å². The van der Waals surface area contributed by atoms with Gasteiger partial charge in [0.2, 0.25) is 5.91 Å². The van der Waals surface area contributed by atoms with Gasteiger partial charge in [0.05, 0.1) is 5.75 Å². The highest BCUT2D eigenvalue weighted by atomic mass is 32.2. The Hall–Kier alpha value is -2.35. The van der Waals surface area contributed by atoms with Crippen molar-refractivity contribution in [1.29, 1.82) is 0 Å². The topological polar surface area (TPSA) is 108 Å². The summed E-state index contributed by atoms with van der Waals surface area (Å²) < 4.78 is 0. The molecule has 0 spiro atoms. The summed E-state index contributed by atoms with van der Waals surface area (Å²) in [6, 6.07) is 6.74. The zero-order chi connectivity index (χ0) is 16.8. The average molecular weight is 334 g/mol. The molecule has 1 heterocycles. The molecule has 0 aliphatic rings. The number of anilines is 1. The summed E-state index contributed by atoms with van der Waals surface area (Å²) in [5, 5.41) is 9.13. The Labute approximate surface area is 137 Å². The molecule has 0 atom stereocenters. The molecule has 0 unspecified atom stereocenters. The van der Waals surface area contributed by atoms with Gasteiger partial charge in [0, 0.05) is 17.7 Å². The third-order valence-corrected chi connectivity index (χ3v) is 3.78. The van der Waals surface area contributed by atoms with E-state index in [2.05, 4.69) is 20.5 Å². The first kappa shape index (κ1) is 17.0. The molecule has 1 amide bonds. The number of ketones is 1. The largest absolute Gasteiger partial charge is 0.341 e. The lowest BCUT2D eigenvalue weighted by Crippen LogP contribution is -2.14. The summed E-state index contributed by atoms with van der Waals surface area (Å²) in [6.45, 7) is 3.96. The summed E-state index contributed by atoms with van der Waals surface area (Å²) >= 11 is 1.15. The number of aromatic amines is 2. The van der Waals surface area contributed by atoms with Crippen molar-refractivity contribution in [2.75, 3.05) is 11.1 Å². The molecule has 0 saturated heterocycles. The van der Waals surface area contributed by atoms with E-state index < -0.39 is 5.69 Å². The van der Waals surface area contributed by atoms with E-state index in [0.717, 1.165) is 11.8 Å². The summed E-state index contributed by atoms with van der Waals surface area (Å²) in [5.74, 6) is 0.331. The number of H-pyrrole nitrogens is 2. The predicted molar refractivity (Wildman–Crippen MR) is 88.8 cm³/mol. The minimum atomic E-state index is -0.401.